The summed E-state index contributed by atoms with van der Waals surface area (Å²) in [5.74, 6) is -0.0574. The molecule has 1 amide bonds. The van der Waals surface area contributed by atoms with E-state index in [4.69, 9.17) is 0 Å². The van der Waals surface area contributed by atoms with Gasteiger partial charge in [0, 0.05) is 18.2 Å². The second-order valence-corrected chi connectivity index (χ2v) is 11.2. The van der Waals surface area contributed by atoms with Crippen LogP contribution in [0, 0.1) is 0 Å². The Morgan fingerprint density at radius 1 is 0.903 bits per heavy atom. The number of hydrogen-bond acceptors (Lipinski definition) is 3. The highest BCUT2D eigenvalue weighted by atomic mass is 32.2. The predicted octanol–water partition coefficient (Wildman–Crippen LogP) is 4.92. The number of sulfonamides is 1. The number of carbonyl (C=O) groups excluding carboxylic acids is 1. The molecule has 1 aliphatic rings. The van der Waals surface area contributed by atoms with Crippen molar-refractivity contribution in [3.63, 3.8) is 0 Å². The lowest BCUT2D eigenvalue weighted by atomic mass is 9.87. The van der Waals surface area contributed by atoms with Gasteiger partial charge < -0.3 is 5.32 Å². The SMILES string of the molecule is CC(C)(C)c1ccc(S(=O)(=O)NCc2ccc(C(=O)NC3CCCCCC3)cc2)cc1. The lowest BCUT2D eigenvalue weighted by Crippen LogP contribution is -2.34. The van der Waals surface area contributed by atoms with Crippen LogP contribution in [0.4, 0.5) is 0 Å². The van der Waals surface area contributed by atoms with E-state index in [0.717, 1.165) is 24.0 Å². The Morgan fingerprint density at radius 2 is 1.48 bits per heavy atom. The maximum atomic E-state index is 12.6. The van der Waals surface area contributed by atoms with Gasteiger partial charge in [0.25, 0.3) is 5.91 Å². The quantitative estimate of drug-likeness (QED) is 0.624. The lowest BCUT2D eigenvalue weighted by Gasteiger charge is -2.19. The normalized spacial score (nSPS) is 16.0. The third-order valence-corrected chi connectivity index (χ3v) is 7.32. The summed E-state index contributed by atoms with van der Waals surface area (Å²) in [7, 11) is -3.60. The fourth-order valence-electron chi connectivity index (χ4n) is 3.86. The van der Waals surface area contributed by atoms with E-state index in [2.05, 4.69) is 30.8 Å². The molecular formula is C25H34N2O3S. The molecule has 0 bridgehead atoms. The number of amides is 1. The Hall–Kier alpha value is -2.18. The summed E-state index contributed by atoms with van der Waals surface area (Å²) < 4.78 is 27.9. The average molecular weight is 443 g/mol. The molecule has 1 fully saturated rings. The van der Waals surface area contributed by atoms with Gasteiger partial charge >= 0.3 is 0 Å². The highest BCUT2D eigenvalue weighted by Crippen LogP contribution is 2.23. The van der Waals surface area contributed by atoms with E-state index in [0.29, 0.717) is 5.56 Å². The molecule has 0 saturated heterocycles. The minimum atomic E-state index is -3.60. The van der Waals surface area contributed by atoms with Crippen LogP contribution in [0.1, 0.15) is 80.8 Å². The van der Waals surface area contributed by atoms with E-state index in [1.807, 2.05) is 12.1 Å². The third kappa shape index (κ3) is 6.65. The lowest BCUT2D eigenvalue weighted by molar-refractivity contribution is 0.0933. The maximum Gasteiger partial charge on any atom is 0.251 e. The van der Waals surface area contributed by atoms with Crippen molar-refractivity contribution in [2.75, 3.05) is 0 Å². The van der Waals surface area contributed by atoms with Crippen molar-refractivity contribution in [1.29, 1.82) is 0 Å². The molecule has 168 valence electrons. The van der Waals surface area contributed by atoms with Crippen molar-refractivity contribution in [3.05, 3.63) is 65.2 Å². The molecule has 31 heavy (non-hydrogen) atoms. The Labute approximate surface area is 186 Å². The molecule has 0 aromatic heterocycles. The Morgan fingerprint density at radius 3 is 2.03 bits per heavy atom. The van der Waals surface area contributed by atoms with Crippen molar-refractivity contribution in [1.82, 2.24) is 10.0 Å². The van der Waals surface area contributed by atoms with Crippen LogP contribution in [0.5, 0.6) is 0 Å². The maximum absolute atomic E-state index is 12.6. The van der Waals surface area contributed by atoms with Crippen LogP contribution in [0.2, 0.25) is 0 Å². The summed E-state index contributed by atoms with van der Waals surface area (Å²) in [6.07, 6.45) is 6.92. The monoisotopic (exact) mass is 442 g/mol. The first-order chi connectivity index (χ1) is 14.6. The van der Waals surface area contributed by atoms with Crippen LogP contribution in [0.25, 0.3) is 0 Å². The van der Waals surface area contributed by atoms with Crippen LogP contribution in [0.15, 0.2) is 53.4 Å². The zero-order valence-corrected chi connectivity index (χ0v) is 19.6. The fraction of sp³-hybridized carbons (Fsp3) is 0.480. The van der Waals surface area contributed by atoms with Crippen molar-refractivity contribution >= 4 is 15.9 Å². The number of benzene rings is 2. The molecule has 0 radical (unpaired) electrons. The summed E-state index contributed by atoms with van der Waals surface area (Å²) in [4.78, 5) is 12.8. The first kappa shape index (κ1) is 23.5. The zero-order valence-electron chi connectivity index (χ0n) is 18.8. The number of carbonyl (C=O) groups is 1. The van der Waals surface area contributed by atoms with E-state index in [-0.39, 0.29) is 28.8 Å². The molecule has 2 aromatic rings. The van der Waals surface area contributed by atoms with Gasteiger partial charge in [-0.05, 0) is 53.6 Å². The molecule has 5 nitrogen and oxygen atoms in total. The van der Waals surface area contributed by atoms with Gasteiger partial charge in [0.1, 0.15) is 0 Å². The van der Waals surface area contributed by atoms with Crippen molar-refractivity contribution in [2.45, 2.75) is 82.2 Å². The van der Waals surface area contributed by atoms with E-state index in [1.54, 1.807) is 36.4 Å². The standard InChI is InChI=1S/C25H34N2O3S/c1-25(2,3)21-14-16-23(17-15-21)31(29,30)26-18-19-10-12-20(13-11-19)24(28)27-22-8-6-4-5-7-9-22/h10-17,22,26H,4-9,18H2,1-3H3,(H,27,28). The molecule has 0 heterocycles. The first-order valence-electron chi connectivity index (χ1n) is 11.2. The molecule has 1 saturated carbocycles. The van der Waals surface area contributed by atoms with Gasteiger partial charge in [-0.25, -0.2) is 13.1 Å². The largest absolute Gasteiger partial charge is 0.349 e. The second-order valence-electron chi connectivity index (χ2n) is 9.46. The van der Waals surface area contributed by atoms with Gasteiger partial charge in [-0.3, -0.25) is 4.79 Å². The van der Waals surface area contributed by atoms with Gasteiger partial charge in [0.15, 0.2) is 0 Å². The fourth-order valence-corrected chi connectivity index (χ4v) is 4.88. The van der Waals surface area contributed by atoms with Gasteiger partial charge in [0.2, 0.25) is 10.0 Å². The molecular weight excluding hydrogens is 408 g/mol. The summed E-state index contributed by atoms with van der Waals surface area (Å²) in [6, 6.07) is 14.4. The topological polar surface area (TPSA) is 75.3 Å². The summed E-state index contributed by atoms with van der Waals surface area (Å²) in [5, 5.41) is 3.14. The minimum Gasteiger partial charge on any atom is -0.349 e. The molecule has 0 spiro atoms. The van der Waals surface area contributed by atoms with Gasteiger partial charge in [-0.1, -0.05) is 70.7 Å². The third-order valence-electron chi connectivity index (χ3n) is 5.90. The summed E-state index contributed by atoms with van der Waals surface area (Å²) in [6.45, 7) is 6.45. The number of rotatable bonds is 6. The van der Waals surface area contributed by atoms with E-state index >= 15 is 0 Å². The molecule has 3 rings (SSSR count). The molecule has 2 N–H and O–H groups in total. The Bertz CT molecular complexity index is 967. The van der Waals surface area contributed by atoms with Crippen molar-refractivity contribution in [2.24, 2.45) is 0 Å². The van der Waals surface area contributed by atoms with E-state index < -0.39 is 10.0 Å². The molecule has 0 unspecified atom stereocenters. The summed E-state index contributed by atoms with van der Waals surface area (Å²) >= 11 is 0. The molecule has 6 heteroatoms. The Kier molecular flexibility index (Phi) is 7.55. The zero-order chi connectivity index (χ0) is 22.5. The molecule has 0 atom stereocenters. The molecule has 1 aliphatic carbocycles. The van der Waals surface area contributed by atoms with Gasteiger partial charge in [-0.15, -0.1) is 0 Å². The van der Waals surface area contributed by atoms with Crippen LogP contribution < -0.4 is 10.0 Å². The highest BCUT2D eigenvalue weighted by molar-refractivity contribution is 7.89. The number of nitrogens with one attached hydrogen (secondary N) is 2. The second kappa shape index (κ2) is 9.96. The van der Waals surface area contributed by atoms with Gasteiger partial charge in [0.05, 0.1) is 4.90 Å². The minimum absolute atomic E-state index is 0.0278. The first-order valence-corrected chi connectivity index (χ1v) is 12.6. The van der Waals surface area contributed by atoms with Crippen LogP contribution in [-0.4, -0.2) is 20.4 Å². The van der Waals surface area contributed by atoms with Crippen molar-refractivity contribution in [3.8, 4) is 0 Å². The van der Waals surface area contributed by atoms with Crippen LogP contribution in [0.3, 0.4) is 0 Å². The van der Waals surface area contributed by atoms with Crippen LogP contribution in [-0.2, 0) is 22.0 Å². The van der Waals surface area contributed by atoms with Gasteiger partial charge in [-0.2, -0.15) is 0 Å². The predicted molar refractivity (Wildman–Crippen MR) is 125 cm³/mol. The summed E-state index contributed by atoms with van der Waals surface area (Å²) in [5.41, 5.74) is 2.47. The number of hydrogen-bond donors (Lipinski definition) is 2. The molecule has 2 aromatic carbocycles. The van der Waals surface area contributed by atoms with E-state index in [1.165, 1.54) is 25.7 Å². The Balaban J connectivity index is 1.57. The van der Waals surface area contributed by atoms with Crippen LogP contribution >= 0.6 is 0 Å². The highest BCUT2D eigenvalue weighted by Gasteiger charge is 2.18. The molecule has 0 aliphatic heterocycles. The average Bonchev–Trinajstić information content (AvgIpc) is 3.01. The van der Waals surface area contributed by atoms with E-state index in [9.17, 15) is 13.2 Å². The smallest absolute Gasteiger partial charge is 0.251 e. The van der Waals surface area contributed by atoms with Crippen molar-refractivity contribution < 1.29 is 13.2 Å².